The lowest BCUT2D eigenvalue weighted by Gasteiger charge is -2.31. The molecule has 0 radical (unpaired) electrons. The molecule has 0 aliphatic heterocycles. The SMILES string of the molecule is Fc1ccc(Cl)cc1CC(CCl)(CCl)c1cccc(Cl)c1. The third-order valence-electron chi connectivity index (χ3n) is 3.49. The first-order chi connectivity index (χ1) is 10.0. The Kier molecular flexibility index (Phi) is 5.79. The van der Waals surface area contributed by atoms with Crippen LogP contribution < -0.4 is 0 Å². The summed E-state index contributed by atoms with van der Waals surface area (Å²) in [4.78, 5) is 0. The Balaban J connectivity index is 2.45. The van der Waals surface area contributed by atoms with Crippen molar-refractivity contribution in [1.82, 2.24) is 0 Å². The number of rotatable bonds is 5. The minimum Gasteiger partial charge on any atom is -0.207 e. The van der Waals surface area contributed by atoms with Crippen LogP contribution in [-0.2, 0) is 11.8 Å². The highest BCUT2D eigenvalue weighted by Crippen LogP contribution is 2.34. The lowest BCUT2D eigenvalue weighted by Crippen LogP contribution is -2.33. The molecule has 0 aromatic heterocycles. The van der Waals surface area contributed by atoms with Crippen molar-refractivity contribution in [3.63, 3.8) is 0 Å². The highest BCUT2D eigenvalue weighted by atomic mass is 35.5. The van der Waals surface area contributed by atoms with Gasteiger partial charge in [0.25, 0.3) is 0 Å². The maximum absolute atomic E-state index is 14.0. The van der Waals surface area contributed by atoms with Gasteiger partial charge in [-0.2, -0.15) is 0 Å². The van der Waals surface area contributed by atoms with Gasteiger partial charge in [0.15, 0.2) is 0 Å². The molecular weight excluding hydrogens is 353 g/mol. The normalized spacial score (nSPS) is 11.7. The van der Waals surface area contributed by atoms with Crippen LogP contribution in [0.5, 0.6) is 0 Å². The lowest BCUT2D eigenvalue weighted by molar-refractivity contribution is 0.512. The zero-order valence-electron chi connectivity index (χ0n) is 11.1. The Morgan fingerprint density at radius 1 is 0.905 bits per heavy atom. The molecule has 112 valence electrons. The van der Waals surface area contributed by atoms with Gasteiger partial charge in [0.2, 0.25) is 0 Å². The van der Waals surface area contributed by atoms with E-state index in [1.54, 1.807) is 12.1 Å². The van der Waals surface area contributed by atoms with Crippen LogP contribution in [0.2, 0.25) is 10.0 Å². The molecule has 0 atom stereocenters. The van der Waals surface area contributed by atoms with Crippen LogP contribution in [0.1, 0.15) is 11.1 Å². The van der Waals surface area contributed by atoms with Crippen molar-refractivity contribution < 1.29 is 4.39 Å². The summed E-state index contributed by atoms with van der Waals surface area (Å²) < 4.78 is 14.0. The van der Waals surface area contributed by atoms with E-state index in [-0.39, 0.29) is 17.6 Å². The Hall–Kier alpha value is -0.470. The van der Waals surface area contributed by atoms with E-state index in [9.17, 15) is 4.39 Å². The number of alkyl halides is 2. The van der Waals surface area contributed by atoms with Crippen LogP contribution in [0.25, 0.3) is 0 Å². The van der Waals surface area contributed by atoms with E-state index in [0.717, 1.165) is 5.56 Å². The Morgan fingerprint density at radius 2 is 1.57 bits per heavy atom. The third kappa shape index (κ3) is 3.84. The monoisotopic (exact) mass is 364 g/mol. The van der Waals surface area contributed by atoms with Gasteiger partial charge >= 0.3 is 0 Å². The molecule has 2 aromatic rings. The highest BCUT2D eigenvalue weighted by molar-refractivity contribution is 6.31. The fourth-order valence-corrected chi connectivity index (χ4v) is 3.42. The number of halogens is 5. The molecule has 5 heteroatoms. The first-order valence-corrected chi connectivity index (χ1v) is 8.15. The molecule has 0 unspecified atom stereocenters. The summed E-state index contributed by atoms with van der Waals surface area (Å²) in [7, 11) is 0. The van der Waals surface area contributed by atoms with Gasteiger partial charge < -0.3 is 0 Å². The van der Waals surface area contributed by atoms with Crippen molar-refractivity contribution in [1.29, 1.82) is 0 Å². The first-order valence-electron chi connectivity index (χ1n) is 6.33. The van der Waals surface area contributed by atoms with E-state index in [2.05, 4.69) is 0 Å². The minimum absolute atomic E-state index is 0.253. The van der Waals surface area contributed by atoms with Crippen LogP contribution in [0.15, 0.2) is 42.5 Å². The third-order valence-corrected chi connectivity index (χ3v) is 4.98. The summed E-state index contributed by atoms with van der Waals surface area (Å²) in [5.74, 6) is 0.187. The lowest BCUT2D eigenvalue weighted by atomic mass is 9.78. The van der Waals surface area contributed by atoms with Crippen molar-refractivity contribution in [2.75, 3.05) is 11.8 Å². The van der Waals surface area contributed by atoms with E-state index in [4.69, 9.17) is 46.4 Å². The Bertz CT molecular complexity index is 623. The van der Waals surface area contributed by atoms with Gasteiger partial charge in [-0.25, -0.2) is 4.39 Å². The average Bonchev–Trinajstić information content (AvgIpc) is 2.48. The van der Waals surface area contributed by atoms with Crippen molar-refractivity contribution in [2.45, 2.75) is 11.8 Å². The molecule has 0 N–H and O–H groups in total. The van der Waals surface area contributed by atoms with Crippen molar-refractivity contribution in [2.24, 2.45) is 0 Å². The Labute approximate surface area is 143 Å². The van der Waals surface area contributed by atoms with Gasteiger partial charge in [-0.3, -0.25) is 0 Å². The summed E-state index contributed by atoms with van der Waals surface area (Å²) in [5, 5.41) is 1.08. The highest BCUT2D eigenvalue weighted by Gasteiger charge is 2.32. The van der Waals surface area contributed by atoms with E-state index in [1.165, 1.54) is 12.1 Å². The topological polar surface area (TPSA) is 0 Å². The second-order valence-electron chi connectivity index (χ2n) is 4.97. The molecule has 0 nitrogen and oxygen atoms in total. The maximum atomic E-state index is 14.0. The summed E-state index contributed by atoms with van der Waals surface area (Å²) in [6.45, 7) is 0. The van der Waals surface area contributed by atoms with Crippen LogP contribution >= 0.6 is 46.4 Å². The molecule has 0 amide bonds. The van der Waals surface area contributed by atoms with Crippen LogP contribution in [0.3, 0.4) is 0 Å². The molecular formula is C16H13Cl4F. The summed E-state index contributed by atoms with van der Waals surface area (Å²) >= 11 is 24.3. The predicted molar refractivity (Wildman–Crippen MR) is 89.7 cm³/mol. The second-order valence-corrected chi connectivity index (χ2v) is 6.38. The molecule has 0 heterocycles. The summed E-state index contributed by atoms with van der Waals surface area (Å²) in [6, 6.07) is 11.8. The second kappa shape index (κ2) is 7.19. The molecule has 0 bridgehead atoms. The van der Waals surface area contributed by atoms with Crippen molar-refractivity contribution in [3.8, 4) is 0 Å². The van der Waals surface area contributed by atoms with Crippen LogP contribution in [-0.4, -0.2) is 11.8 Å². The standard InChI is InChI=1S/C16H13Cl4F/c17-9-16(10-18,12-2-1-3-13(19)7-12)8-11-6-14(20)4-5-15(11)21/h1-7H,8-10H2. The van der Waals surface area contributed by atoms with Gasteiger partial charge in [-0.1, -0.05) is 35.3 Å². The van der Waals surface area contributed by atoms with Crippen molar-refractivity contribution >= 4 is 46.4 Å². The molecule has 0 saturated heterocycles. The smallest absolute Gasteiger partial charge is 0.126 e. The van der Waals surface area contributed by atoms with Gasteiger partial charge in [-0.15, -0.1) is 23.2 Å². The Morgan fingerprint density at radius 3 is 2.19 bits per heavy atom. The summed E-state index contributed by atoms with van der Waals surface area (Å²) in [5.41, 5.74) is 0.780. The molecule has 0 fully saturated rings. The maximum Gasteiger partial charge on any atom is 0.126 e. The zero-order chi connectivity index (χ0) is 15.5. The first kappa shape index (κ1) is 16.9. The van der Waals surface area contributed by atoms with Gasteiger partial charge in [0.1, 0.15) is 5.82 Å². The van der Waals surface area contributed by atoms with Gasteiger partial charge in [0.05, 0.1) is 0 Å². The minimum atomic E-state index is -0.598. The molecule has 0 saturated carbocycles. The molecule has 0 aliphatic rings. The van der Waals surface area contributed by atoms with E-state index >= 15 is 0 Å². The molecule has 21 heavy (non-hydrogen) atoms. The van der Waals surface area contributed by atoms with E-state index in [1.807, 2.05) is 18.2 Å². The fraction of sp³-hybridized carbons (Fsp3) is 0.250. The zero-order valence-corrected chi connectivity index (χ0v) is 14.1. The largest absolute Gasteiger partial charge is 0.207 e. The predicted octanol–water partition coefficient (Wildman–Crippen LogP) is 6.09. The van der Waals surface area contributed by atoms with Crippen LogP contribution in [0, 0.1) is 5.82 Å². The van der Waals surface area contributed by atoms with Crippen LogP contribution in [0.4, 0.5) is 4.39 Å². The van der Waals surface area contributed by atoms with Gasteiger partial charge in [-0.05, 0) is 47.9 Å². The van der Waals surface area contributed by atoms with Crippen molar-refractivity contribution in [3.05, 3.63) is 69.5 Å². The van der Waals surface area contributed by atoms with E-state index < -0.39 is 5.41 Å². The molecule has 2 aromatic carbocycles. The van der Waals surface area contributed by atoms with E-state index in [0.29, 0.717) is 22.0 Å². The number of hydrogen-bond acceptors (Lipinski definition) is 0. The summed E-state index contributed by atoms with van der Waals surface area (Å²) in [6.07, 6.45) is 0.354. The average molecular weight is 366 g/mol. The number of benzene rings is 2. The number of hydrogen-bond donors (Lipinski definition) is 0. The fourth-order valence-electron chi connectivity index (χ4n) is 2.25. The quantitative estimate of drug-likeness (QED) is 0.562. The molecule has 0 aliphatic carbocycles. The molecule has 0 spiro atoms. The van der Waals surface area contributed by atoms with Gasteiger partial charge in [0, 0.05) is 27.2 Å². The molecule has 2 rings (SSSR count).